The summed E-state index contributed by atoms with van der Waals surface area (Å²) in [6, 6.07) is 0. The molecule has 0 radical (unpaired) electrons. The Morgan fingerprint density at radius 3 is 2.24 bits per heavy atom. The number of rotatable bonds is 7. The smallest absolute Gasteiger partial charge is 0.343 e. The number of carbonyl (C=O) groups excluding carboxylic acids is 1. The van der Waals surface area contributed by atoms with E-state index in [2.05, 4.69) is 13.8 Å². The maximum Gasteiger partial charge on any atom is 0.343 e. The van der Waals surface area contributed by atoms with Crippen molar-refractivity contribution in [2.45, 2.75) is 62.8 Å². The standard InChI is InChI=1S/C14H26O5S2/c1-7-20-11(21-8-2)10-14(9(3)15,12(16)17-6)19-13(4,5)18-10/h9-11,15H,7-8H2,1-6H3/t9-,10-,14+/m1/s1. The second-order valence-corrected chi connectivity index (χ2v) is 8.42. The van der Waals surface area contributed by atoms with Crippen LogP contribution in [-0.2, 0) is 19.0 Å². The Balaban J connectivity index is 3.24. The summed E-state index contributed by atoms with van der Waals surface area (Å²) in [5.74, 6) is 0.229. The van der Waals surface area contributed by atoms with Crippen LogP contribution in [0.4, 0.5) is 0 Å². The van der Waals surface area contributed by atoms with Crippen LogP contribution in [0.25, 0.3) is 0 Å². The number of ether oxygens (including phenoxy) is 3. The molecule has 1 N–H and O–H groups in total. The van der Waals surface area contributed by atoms with E-state index in [0.717, 1.165) is 11.5 Å². The molecule has 1 fully saturated rings. The summed E-state index contributed by atoms with van der Waals surface area (Å²) in [6.45, 7) is 9.14. The Kier molecular flexibility index (Phi) is 6.86. The molecule has 0 unspecified atom stereocenters. The summed E-state index contributed by atoms with van der Waals surface area (Å²) < 4.78 is 16.7. The van der Waals surface area contributed by atoms with Crippen LogP contribution in [0, 0.1) is 0 Å². The normalized spacial score (nSPS) is 29.6. The lowest BCUT2D eigenvalue weighted by molar-refractivity contribution is -0.203. The third kappa shape index (κ3) is 3.88. The summed E-state index contributed by atoms with van der Waals surface area (Å²) in [5.41, 5.74) is -1.49. The summed E-state index contributed by atoms with van der Waals surface area (Å²) >= 11 is 3.37. The zero-order valence-corrected chi connectivity index (χ0v) is 15.2. The van der Waals surface area contributed by atoms with Crippen LogP contribution in [0.3, 0.4) is 0 Å². The van der Waals surface area contributed by atoms with Gasteiger partial charge in [0.25, 0.3) is 0 Å². The van der Waals surface area contributed by atoms with E-state index in [1.807, 2.05) is 0 Å². The third-order valence-electron chi connectivity index (χ3n) is 3.28. The molecule has 0 bridgehead atoms. The molecule has 0 saturated carbocycles. The first-order valence-corrected chi connectivity index (χ1v) is 9.22. The van der Waals surface area contributed by atoms with Gasteiger partial charge in [0.05, 0.1) is 17.8 Å². The van der Waals surface area contributed by atoms with Gasteiger partial charge in [0, 0.05) is 0 Å². The van der Waals surface area contributed by atoms with E-state index in [0.29, 0.717) is 0 Å². The monoisotopic (exact) mass is 338 g/mol. The van der Waals surface area contributed by atoms with E-state index in [9.17, 15) is 9.90 Å². The molecule has 21 heavy (non-hydrogen) atoms. The summed E-state index contributed by atoms with van der Waals surface area (Å²) in [7, 11) is 1.30. The number of hydrogen-bond acceptors (Lipinski definition) is 7. The number of aliphatic hydroxyl groups is 1. The molecule has 0 amide bonds. The molecular weight excluding hydrogens is 312 g/mol. The Bertz CT molecular complexity index is 355. The van der Waals surface area contributed by atoms with E-state index >= 15 is 0 Å². The van der Waals surface area contributed by atoms with Crippen molar-refractivity contribution in [2.24, 2.45) is 0 Å². The first kappa shape index (κ1) is 19.1. The van der Waals surface area contributed by atoms with Crippen LogP contribution in [-0.4, -0.2) is 57.9 Å². The van der Waals surface area contributed by atoms with Crippen molar-refractivity contribution >= 4 is 29.5 Å². The average Bonchev–Trinajstić information content (AvgIpc) is 2.70. The molecule has 1 aliphatic heterocycles. The molecule has 0 spiro atoms. The maximum absolute atomic E-state index is 12.4. The van der Waals surface area contributed by atoms with E-state index in [1.54, 1.807) is 44.3 Å². The number of hydrogen-bond donors (Lipinski definition) is 1. The van der Waals surface area contributed by atoms with Crippen molar-refractivity contribution in [3.63, 3.8) is 0 Å². The Hall–Kier alpha value is 0.0500. The molecule has 0 aromatic carbocycles. The Morgan fingerprint density at radius 2 is 1.86 bits per heavy atom. The van der Waals surface area contributed by atoms with Crippen LogP contribution in [0.15, 0.2) is 0 Å². The van der Waals surface area contributed by atoms with Gasteiger partial charge in [-0.3, -0.25) is 0 Å². The predicted molar refractivity (Wildman–Crippen MR) is 86.5 cm³/mol. The largest absolute Gasteiger partial charge is 0.467 e. The minimum absolute atomic E-state index is 0.0181. The fourth-order valence-corrected chi connectivity index (χ4v) is 5.23. The zero-order chi connectivity index (χ0) is 16.3. The fraction of sp³-hybridized carbons (Fsp3) is 0.929. The van der Waals surface area contributed by atoms with Crippen LogP contribution in [0.2, 0.25) is 0 Å². The van der Waals surface area contributed by atoms with Crippen molar-refractivity contribution < 1.29 is 24.1 Å². The topological polar surface area (TPSA) is 65.0 Å². The van der Waals surface area contributed by atoms with Crippen LogP contribution < -0.4 is 0 Å². The molecule has 1 aliphatic rings. The van der Waals surface area contributed by atoms with Gasteiger partial charge in [0.15, 0.2) is 5.79 Å². The number of esters is 1. The number of thioether (sulfide) groups is 2. The summed E-state index contributed by atoms with van der Waals surface area (Å²) in [4.78, 5) is 12.4. The first-order chi connectivity index (χ1) is 9.75. The van der Waals surface area contributed by atoms with Gasteiger partial charge >= 0.3 is 5.97 Å². The SMILES string of the molecule is CCSC(SCC)[C@H]1OC(C)(C)O[C@@]1(C(=O)OC)[C@@H](C)O. The van der Waals surface area contributed by atoms with Gasteiger partial charge in [-0.05, 0) is 32.3 Å². The minimum Gasteiger partial charge on any atom is -0.467 e. The van der Waals surface area contributed by atoms with E-state index in [-0.39, 0.29) is 4.58 Å². The van der Waals surface area contributed by atoms with Crippen molar-refractivity contribution in [1.82, 2.24) is 0 Å². The number of carbonyl (C=O) groups is 1. The first-order valence-electron chi connectivity index (χ1n) is 7.12. The van der Waals surface area contributed by atoms with E-state index in [1.165, 1.54) is 7.11 Å². The molecule has 3 atom stereocenters. The van der Waals surface area contributed by atoms with Gasteiger partial charge < -0.3 is 19.3 Å². The van der Waals surface area contributed by atoms with Crippen molar-refractivity contribution in [2.75, 3.05) is 18.6 Å². The van der Waals surface area contributed by atoms with Gasteiger partial charge in [-0.15, -0.1) is 23.5 Å². The number of aliphatic hydroxyl groups excluding tert-OH is 1. The van der Waals surface area contributed by atoms with Gasteiger partial charge in [0.1, 0.15) is 6.10 Å². The zero-order valence-electron chi connectivity index (χ0n) is 13.5. The third-order valence-corrected chi connectivity index (χ3v) is 5.92. The van der Waals surface area contributed by atoms with Gasteiger partial charge in [-0.1, -0.05) is 13.8 Å². The van der Waals surface area contributed by atoms with Crippen LogP contribution in [0.1, 0.15) is 34.6 Å². The number of methoxy groups -OCH3 is 1. The quantitative estimate of drug-likeness (QED) is 0.564. The fourth-order valence-electron chi connectivity index (χ4n) is 2.50. The molecule has 0 aliphatic carbocycles. The second-order valence-electron chi connectivity index (χ2n) is 5.28. The molecule has 1 saturated heterocycles. The Morgan fingerprint density at radius 1 is 1.33 bits per heavy atom. The highest BCUT2D eigenvalue weighted by molar-refractivity contribution is 8.17. The average molecular weight is 338 g/mol. The molecule has 1 heterocycles. The highest BCUT2D eigenvalue weighted by Gasteiger charge is 2.64. The molecule has 5 nitrogen and oxygen atoms in total. The molecule has 0 aromatic rings. The maximum atomic E-state index is 12.4. The predicted octanol–water partition coefficient (Wildman–Crippen LogP) is 2.26. The van der Waals surface area contributed by atoms with Gasteiger partial charge in [-0.2, -0.15) is 0 Å². The van der Waals surface area contributed by atoms with Gasteiger partial charge in [0.2, 0.25) is 5.60 Å². The van der Waals surface area contributed by atoms with Crippen LogP contribution >= 0.6 is 23.5 Å². The molecule has 1 rings (SSSR count). The Labute approximate surface area is 135 Å². The minimum atomic E-state index is -1.49. The second kappa shape index (κ2) is 7.55. The van der Waals surface area contributed by atoms with Crippen molar-refractivity contribution in [3.05, 3.63) is 0 Å². The van der Waals surface area contributed by atoms with Crippen LogP contribution in [0.5, 0.6) is 0 Å². The highest BCUT2D eigenvalue weighted by Crippen LogP contribution is 2.46. The summed E-state index contributed by atoms with van der Waals surface area (Å²) in [5, 5.41) is 10.3. The molecule has 0 aromatic heterocycles. The van der Waals surface area contributed by atoms with E-state index < -0.39 is 29.6 Å². The lowest BCUT2D eigenvalue weighted by atomic mass is 9.92. The van der Waals surface area contributed by atoms with Crippen molar-refractivity contribution in [3.8, 4) is 0 Å². The molecular formula is C14H26O5S2. The van der Waals surface area contributed by atoms with E-state index in [4.69, 9.17) is 14.2 Å². The lowest BCUT2D eigenvalue weighted by Crippen LogP contribution is -2.59. The highest BCUT2D eigenvalue weighted by atomic mass is 32.2. The summed E-state index contributed by atoms with van der Waals surface area (Å²) in [6.07, 6.45) is -1.61. The lowest BCUT2D eigenvalue weighted by Gasteiger charge is -2.35. The molecule has 124 valence electrons. The van der Waals surface area contributed by atoms with Gasteiger partial charge in [-0.25, -0.2) is 4.79 Å². The van der Waals surface area contributed by atoms with Crippen molar-refractivity contribution in [1.29, 1.82) is 0 Å². The molecule has 7 heteroatoms.